The number of rotatable bonds is 11. The van der Waals surface area contributed by atoms with Gasteiger partial charge in [0.2, 0.25) is 17.5 Å². The molecule has 0 saturated carbocycles. The molecule has 9 rings (SSSR count). The monoisotopic (exact) mass is 855 g/mol. The molecule has 0 amide bonds. The summed E-state index contributed by atoms with van der Waals surface area (Å²) in [5.74, 6) is 2.99. The van der Waals surface area contributed by atoms with Crippen molar-refractivity contribution in [3.05, 3.63) is 107 Å². The van der Waals surface area contributed by atoms with E-state index >= 15 is 0 Å². The van der Waals surface area contributed by atoms with Crippen LogP contribution < -0.4 is 19.1 Å². The van der Waals surface area contributed by atoms with Gasteiger partial charge in [0.05, 0.1) is 28.2 Å². The highest BCUT2D eigenvalue weighted by Gasteiger charge is 2.29. The lowest BCUT2D eigenvalue weighted by Crippen LogP contribution is -2.38. The van der Waals surface area contributed by atoms with Gasteiger partial charge in [0.25, 0.3) is 11.8 Å². The summed E-state index contributed by atoms with van der Waals surface area (Å²) in [6, 6.07) is 26.0. The second-order valence-corrected chi connectivity index (χ2v) is 16.0. The Kier molecular flexibility index (Phi) is 11.0. The molecule has 0 radical (unpaired) electrons. The number of aromatic nitrogens is 6. The molecule has 13 nitrogen and oxygen atoms in total. The van der Waals surface area contributed by atoms with Crippen LogP contribution in [0.25, 0.3) is 67.2 Å². The van der Waals surface area contributed by atoms with Gasteiger partial charge in [-0.25, -0.2) is 9.97 Å². The zero-order chi connectivity index (χ0) is 42.2. The Labute approximate surface area is 360 Å². The van der Waals surface area contributed by atoms with Crippen molar-refractivity contribution in [2.75, 3.05) is 18.0 Å². The van der Waals surface area contributed by atoms with E-state index in [4.69, 9.17) is 56.4 Å². The molecule has 308 valence electrons. The van der Waals surface area contributed by atoms with Crippen LogP contribution in [-0.4, -0.2) is 61.5 Å². The maximum atomic E-state index is 13.7. The van der Waals surface area contributed by atoms with Gasteiger partial charge >= 0.3 is 5.97 Å². The Morgan fingerprint density at radius 3 is 1.74 bits per heavy atom. The van der Waals surface area contributed by atoms with Crippen LogP contribution in [0.5, 0.6) is 17.4 Å². The number of anilines is 1. The highest BCUT2D eigenvalue weighted by atomic mass is 35.5. The average molecular weight is 857 g/mol. The van der Waals surface area contributed by atoms with Gasteiger partial charge in [0.15, 0.2) is 0 Å². The molecule has 4 aromatic carbocycles. The smallest absolute Gasteiger partial charge is 0.315 e. The highest BCUT2D eigenvalue weighted by Crippen LogP contribution is 2.38. The van der Waals surface area contributed by atoms with E-state index in [9.17, 15) is 4.79 Å². The van der Waals surface area contributed by atoms with Crippen molar-refractivity contribution in [3.63, 3.8) is 0 Å². The normalized spacial score (nSPS) is 13.4. The number of hydrogen-bond donors (Lipinski definition) is 0. The lowest BCUT2D eigenvalue weighted by molar-refractivity contribution is -0.139. The number of benzene rings is 4. The summed E-state index contributed by atoms with van der Waals surface area (Å²) in [6.07, 6.45) is 4.51. The first-order chi connectivity index (χ1) is 29.6. The van der Waals surface area contributed by atoms with Crippen molar-refractivity contribution in [2.24, 2.45) is 5.92 Å². The van der Waals surface area contributed by atoms with Crippen LogP contribution >= 0.6 is 23.2 Å². The van der Waals surface area contributed by atoms with Crippen LogP contribution in [0, 0.1) is 5.92 Å². The molecule has 5 heterocycles. The molecular weight excluding hydrogens is 817 g/mol. The lowest BCUT2D eigenvalue weighted by Gasteiger charge is -2.32. The van der Waals surface area contributed by atoms with Crippen molar-refractivity contribution in [1.82, 2.24) is 30.2 Å². The Morgan fingerprint density at radius 2 is 1.20 bits per heavy atom. The number of fused-ring (bicyclic) bond motifs is 2. The molecule has 4 aromatic heterocycles. The fraction of sp³-hybridized carbons (Fsp3) is 0.239. The van der Waals surface area contributed by atoms with Crippen molar-refractivity contribution < 1.29 is 28.1 Å². The number of hydrogen-bond acceptors (Lipinski definition) is 13. The highest BCUT2D eigenvalue weighted by molar-refractivity contribution is 6.32. The Bertz CT molecular complexity index is 2910. The summed E-state index contributed by atoms with van der Waals surface area (Å²) < 4.78 is 28.9. The van der Waals surface area contributed by atoms with E-state index in [0.717, 1.165) is 27.5 Å². The number of carbonyl (C=O) groups excluding carboxylic acids is 1. The number of halogens is 2. The van der Waals surface area contributed by atoms with Gasteiger partial charge in [-0.15, -0.1) is 0 Å². The summed E-state index contributed by atoms with van der Waals surface area (Å²) in [6.45, 7) is 8.96. The summed E-state index contributed by atoms with van der Waals surface area (Å²) in [4.78, 5) is 34.5. The van der Waals surface area contributed by atoms with Crippen LogP contribution in [0.3, 0.4) is 0 Å². The summed E-state index contributed by atoms with van der Waals surface area (Å²) in [5, 5.41) is 12.7. The third-order valence-corrected chi connectivity index (χ3v) is 10.9. The number of ether oxygens (including phenoxy) is 3. The predicted octanol–water partition coefficient (Wildman–Crippen LogP) is 10.9. The molecule has 0 spiro atoms. The molecular formula is C46H39Cl2N7O6. The van der Waals surface area contributed by atoms with Gasteiger partial charge in [0.1, 0.15) is 17.3 Å². The number of nitrogens with zero attached hydrogens (tertiary/aromatic N) is 7. The van der Waals surface area contributed by atoms with E-state index in [1.165, 1.54) is 0 Å². The van der Waals surface area contributed by atoms with Crippen molar-refractivity contribution >= 4 is 56.5 Å². The van der Waals surface area contributed by atoms with Gasteiger partial charge in [-0.2, -0.15) is 9.97 Å². The van der Waals surface area contributed by atoms with Crippen molar-refractivity contribution in [2.45, 2.75) is 52.7 Å². The average Bonchev–Trinajstić information content (AvgIpc) is 3.96. The molecule has 8 aromatic rings. The number of piperidine rings is 1. The molecule has 0 atom stereocenters. The number of carbonyl (C=O) groups is 1. The molecule has 0 N–H and O–H groups in total. The lowest BCUT2D eigenvalue weighted by atomic mass is 9.96. The number of esters is 1. The topological polar surface area (TPSA) is 152 Å². The minimum Gasteiger partial charge on any atom is -0.489 e. The van der Waals surface area contributed by atoms with E-state index in [1.54, 1.807) is 36.7 Å². The molecule has 1 aliphatic heterocycles. The fourth-order valence-electron chi connectivity index (χ4n) is 7.47. The van der Waals surface area contributed by atoms with Crippen LogP contribution in [0.15, 0.2) is 106 Å². The summed E-state index contributed by atoms with van der Waals surface area (Å²) >= 11 is 13.0. The van der Waals surface area contributed by atoms with Crippen LogP contribution in [0.1, 0.15) is 40.5 Å². The van der Waals surface area contributed by atoms with Crippen LogP contribution in [0.2, 0.25) is 10.0 Å². The number of pyridine rings is 2. The molecule has 61 heavy (non-hydrogen) atoms. The fourth-order valence-corrected chi connectivity index (χ4v) is 7.92. The Hall–Kier alpha value is -6.57. The van der Waals surface area contributed by atoms with Gasteiger partial charge in [-0.3, -0.25) is 4.79 Å². The minimum atomic E-state index is -0.335. The van der Waals surface area contributed by atoms with Crippen LogP contribution in [0.4, 0.5) is 5.82 Å². The quantitative estimate of drug-likeness (QED) is 0.114. The molecule has 0 aliphatic carbocycles. The van der Waals surface area contributed by atoms with Gasteiger partial charge in [-0.1, -0.05) is 63.8 Å². The predicted molar refractivity (Wildman–Crippen MR) is 233 cm³/mol. The van der Waals surface area contributed by atoms with E-state index in [-0.39, 0.29) is 30.0 Å². The first-order valence-electron chi connectivity index (χ1n) is 19.9. The van der Waals surface area contributed by atoms with E-state index in [1.807, 2.05) is 88.4 Å². The van der Waals surface area contributed by atoms with Gasteiger partial charge in [-0.05, 0) is 106 Å². The van der Waals surface area contributed by atoms with E-state index < -0.39 is 0 Å². The Balaban J connectivity index is 0.884. The van der Waals surface area contributed by atoms with Crippen molar-refractivity contribution in [3.8, 4) is 63.1 Å². The zero-order valence-electron chi connectivity index (χ0n) is 33.6. The minimum absolute atomic E-state index is 0.00976. The first kappa shape index (κ1) is 39.9. The maximum absolute atomic E-state index is 13.7. The maximum Gasteiger partial charge on any atom is 0.315 e. The molecule has 0 unspecified atom stereocenters. The third kappa shape index (κ3) is 8.18. The van der Waals surface area contributed by atoms with Crippen molar-refractivity contribution in [1.29, 1.82) is 0 Å². The summed E-state index contributed by atoms with van der Waals surface area (Å²) in [5.41, 5.74) is 2.84. The zero-order valence-corrected chi connectivity index (χ0v) is 35.1. The second-order valence-electron chi connectivity index (χ2n) is 15.2. The molecule has 0 bridgehead atoms. The van der Waals surface area contributed by atoms with E-state index in [0.29, 0.717) is 93.0 Å². The third-order valence-electron chi connectivity index (χ3n) is 10.3. The first-order valence-corrected chi connectivity index (χ1v) is 20.7. The second kappa shape index (κ2) is 16.8. The Morgan fingerprint density at radius 1 is 0.672 bits per heavy atom. The molecule has 1 aliphatic rings. The van der Waals surface area contributed by atoms with Crippen LogP contribution in [-0.2, 0) is 4.79 Å². The van der Waals surface area contributed by atoms with Gasteiger partial charge in [0, 0.05) is 58.5 Å². The summed E-state index contributed by atoms with van der Waals surface area (Å²) in [7, 11) is 0. The SMILES string of the molecule is CC(C)Oc1ccc(-c2nc(-c3cccc4c(OC(=O)C5CCN(c6nccc7c(-c8noc(-c9ccc(OC(C)C)c(Cl)c9)n8)cccc67)CC5)nccc34)no2)cc1Cl. The van der Waals surface area contributed by atoms with E-state index in [2.05, 4.69) is 25.2 Å². The molecule has 1 fully saturated rings. The van der Waals surface area contributed by atoms with Gasteiger partial charge < -0.3 is 28.2 Å². The molecule has 1 saturated heterocycles. The largest absolute Gasteiger partial charge is 0.489 e. The molecule has 15 heteroatoms. The standard InChI is InChI=1S/C46H39Cl2N7O6/c1-25(2)57-38-13-11-28(23-36(38)47)43-51-40(53-60-43)32-7-5-9-34-30(32)15-19-49-42(34)55-21-17-27(18-22-55)46(56)59-45-35-10-6-8-33(31(35)16-20-50-45)41-52-44(61-54-41)29-12-14-39(37(48)24-29)58-26(3)4/h5-16,19-20,23-27H,17-18,21-22H2,1-4H3.